The molecule has 4 heteroatoms. The summed E-state index contributed by atoms with van der Waals surface area (Å²) in [5, 5.41) is 9.31. The van der Waals surface area contributed by atoms with Gasteiger partial charge in [0.2, 0.25) is 0 Å². The molecule has 0 saturated heterocycles. The molecule has 1 heterocycles. The van der Waals surface area contributed by atoms with E-state index in [1.165, 1.54) is 122 Å². The fourth-order valence-electron chi connectivity index (χ4n) is 9.37. The van der Waals surface area contributed by atoms with Crippen molar-refractivity contribution < 1.29 is 4.74 Å². The Morgan fingerprint density at radius 2 is 1.48 bits per heavy atom. The average Bonchev–Trinajstić information content (AvgIpc) is 3.03. The minimum Gasteiger partial charge on any atom is -0.462 e. The highest BCUT2D eigenvalue weighted by atomic mass is 16.5. The average molecular weight is 570 g/mol. The van der Waals surface area contributed by atoms with E-state index >= 15 is 0 Å². The molecule has 4 saturated carbocycles. The summed E-state index contributed by atoms with van der Waals surface area (Å²) in [5.41, 5.74) is 0.780. The minimum atomic E-state index is 0.126. The molecule has 0 radical (unpaired) electrons. The number of hydrogen-bond acceptors (Lipinski definition) is 3. The molecule has 4 fully saturated rings. The van der Waals surface area contributed by atoms with E-state index in [1.54, 1.807) is 6.08 Å². The zero-order valence-electron chi connectivity index (χ0n) is 26.5. The Balaban J connectivity index is 1.20. The molecule has 42 heavy (non-hydrogen) atoms. The number of rotatable bonds is 8. The van der Waals surface area contributed by atoms with Gasteiger partial charge in [0.15, 0.2) is 0 Å². The molecule has 1 aliphatic heterocycles. The quantitative estimate of drug-likeness (QED) is 0.216. The highest BCUT2D eigenvalue weighted by molar-refractivity contribution is 5.49. The standard InChI is InChI=1S/C38H55N3O/c1-4-8-29-11-18-34(19-12-29)41(36-22-16-32(17-23-36)31-9-6-5-7-10-31)35-20-13-30(14-21-35)15-24-37-26-33(25-28(2)42-37)38(27-39)40-3/h15,24-26,29-32,34-36H,4-14,16-23H2,1-2H3/b24-15+,38-33-. The summed E-state index contributed by atoms with van der Waals surface area (Å²) in [4.78, 5) is 6.52. The third kappa shape index (κ3) is 7.99. The van der Waals surface area contributed by atoms with Gasteiger partial charge in [-0.3, -0.25) is 4.90 Å². The van der Waals surface area contributed by atoms with Crippen molar-refractivity contribution in [1.29, 1.82) is 5.26 Å². The Morgan fingerprint density at radius 1 is 0.881 bits per heavy atom. The smallest absolute Gasteiger partial charge is 0.269 e. The molecule has 4 aliphatic carbocycles. The Morgan fingerprint density at radius 3 is 2.07 bits per heavy atom. The molecule has 0 bridgehead atoms. The van der Waals surface area contributed by atoms with Gasteiger partial charge in [0.1, 0.15) is 11.5 Å². The molecule has 0 unspecified atom stereocenters. The fraction of sp³-hybridized carbons (Fsp3) is 0.737. The van der Waals surface area contributed by atoms with E-state index in [4.69, 9.17) is 11.3 Å². The first-order chi connectivity index (χ1) is 20.6. The lowest BCUT2D eigenvalue weighted by Crippen LogP contribution is -2.53. The molecule has 4 nitrogen and oxygen atoms in total. The third-order valence-electron chi connectivity index (χ3n) is 11.5. The number of nitrogens with zero attached hydrogens (tertiary/aromatic N) is 3. The van der Waals surface area contributed by atoms with Crippen LogP contribution in [0, 0.1) is 41.6 Å². The number of nitriles is 1. The second kappa shape index (κ2) is 15.4. The normalized spacial score (nSPS) is 34.2. The highest BCUT2D eigenvalue weighted by Crippen LogP contribution is 2.43. The van der Waals surface area contributed by atoms with Gasteiger partial charge in [-0.1, -0.05) is 57.9 Å². The van der Waals surface area contributed by atoms with Gasteiger partial charge >= 0.3 is 0 Å². The van der Waals surface area contributed by atoms with E-state index in [-0.39, 0.29) is 5.70 Å². The van der Waals surface area contributed by atoms with Gasteiger partial charge in [-0.25, -0.2) is 10.1 Å². The van der Waals surface area contributed by atoms with Gasteiger partial charge in [0.25, 0.3) is 5.70 Å². The molecule has 0 amide bonds. The maximum atomic E-state index is 9.31. The second-order valence-corrected chi connectivity index (χ2v) is 14.2. The summed E-state index contributed by atoms with van der Waals surface area (Å²) in [6.45, 7) is 11.5. The monoisotopic (exact) mass is 569 g/mol. The zero-order valence-corrected chi connectivity index (χ0v) is 26.5. The molecular formula is C38H55N3O. The summed E-state index contributed by atoms with van der Waals surface area (Å²) < 4.78 is 5.92. The van der Waals surface area contributed by atoms with Gasteiger partial charge in [-0.2, -0.15) is 0 Å². The highest BCUT2D eigenvalue weighted by Gasteiger charge is 2.39. The van der Waals surface area contributed by atoms with Crippen molar-refractivity contribution in [2.24, 2.45) is 23.7 Å². The van der Waals surface area contributed by atoms with Crippen LogP contribution in [0.3, 0.4) is 0 Å². The predicted molar refractivity (Wildman–Crippen MR) is 172 cm³/mol. The molecule has 0 aromatic heterocycles. The minimum absolute atomic E-state index is 0.126. The van der Waals surface area contributed by atoms with Crippen LogP contribution in [-0.4, -0.2) is 23.0 Å². The van der Waals surface area contributed by atoms with Gasteiger partial charge in [0.05, 0.1) is 12.6 Å². The van der Waals surface area contributed by atoms with Crippen molar-refractivity contribution >= 4 is 0 Å². The lowest BCUT2D eigenvalue weighted by atomic mass is 9.71. The van der Waals surface area contributed by atoms with E-state index < -0.39 is 0 Å². The van der Waals surface area contributed by atoms with Crippen LogP contribution < -0.4 is 0 Å². The topological polar surface area (TPSA) is 40.6 Å². The predicted octanol–water partition coefficient (Wildman–Crippen LogP) is 10.4. The Bertz CT molecular complexity index is 1070. The molecule has 0 N–H and O–H groups in total. The largest absolute Gasteiger partial charge is 0.462 e. The third-order valence-corrected chi connectivity index (χ3v) is 11.5. The van der Waals surface area contributed by atoms with E-state index in [9.17, 15) is 5.26 Å². The maximum Gasteiger partial charge on any atom is 0.269 e. The zero-order chi connectivity index (χ0) is 29.3. The van der Waals surface area contributed by atoms with Crippen molar-refractivity contribution in [3.8, 4) is 6.07 Å². The summed E-state index contributed by atoms with van der Waals surface area (Å²) in [6, 6.07) is 4.39. The van der Waals surface area contributed by atoms with E-state index in [2.05, 4.69) is 28.8 Å². The summed E-state index contributed by atoms with van der Waals surface area (Å²) in [5.74, 6) is 5.05. The summed E-state index contributed by atoms with van der Waals surface area (Å²) >= 11 is 0. The fourth-order valence-corrected chi connectivity index (χ4v) is 9.37. The van der Waals surface area contributed by atoms with Crippen LogP contribution >= 0.6 is 0 Å². The Labute approximate surface area is 256 Å². The Hall–Kier alpha value is -2.30. The van der Waals surface area contributed by atoms with Crippen LogP contribution in [0.2, 0.25) is 0 Å². The number of allylic oxidation sites excluding steroid dienone is 7. The molecule has 228 valence electrons. The first-order valence-corrected chi connectivity index (χ1v) is 17.6. The van der Waals surface area contributed by atoms with Crippen molar-refractivity contribution in [2.75, 3.05) is 0 Å². The van der Waals surface area contributed by atoms with E-state index in [0.717, 1.165) is 47.4 Å². The lowest BCUT2D eigenvalue weighted by molar-refractivity contribution is 0.000112. The number of hydrogen-bond donors (Lipinski definition) is 0. The second-order valence-electron chi connectivity index (χ2n) is 14.2. The summed E-state index contributed by atoms with van der Waals surface area (Å²) in [6.07, 6.45) is 35.0. The van der Waals surface area contributed by atoms with Crippen LogP contribution in [0.15, 0.2) is 47.1 Å². The molecule has 5 rings (SSSR count). The lowest BCUT2D eigenvalue weighted by Gasteiger charge is -2.50. The van der Waals surface area contributed by atoms with Crippen LogP contribution in [0.25, 0.3) is 4.85 Å². The van der Waals surface area contributed by atoms with Crippen LogP contribution in [-0.2, 0) is 4.74 Å². The van der Waals surface area contributed by atoms with Gasteiger partial charge in [-0.05, 0) is 131 Å². The van der Waals surface area contributed by atoms with Crippen molar-refractivity contribution in [1.82, 2.24) is 4.90 Å². The molecule has 0 atom stereocenters. The Kier molecular flexibility index (Phi) is 11.4. The van der Waals surface area contributed by atoms with Crippen LogP contribution in [0.4, 0.5) is 0 Å². The molecule has 0 aromatic rings. The van der Waals surface area contributed by atoms with Crippen molar-refractivity contribution in [3.05, 3.63) is 58.5 Å². The van der Waals surface area contributed by atoms with Crippen molar-refractivity contribution in [3.63, 3.8) is 0 Å². The first kappa shape index (κ1) is 31.1. The molecule has 0 aromatic carbocycles. The van der Waals surface area contributed by atoms with Gasteiger partial charge in [0, 0.05) is 18.1 Å². The SMILES string of the molecule is [C-]#[N+]/C(C#N)=C1/C=C(C)OC(/C=C/C2CCC(N(C3CCC(CCC)CC3)C3CCC(C4CCCCC4)CC3)CC2)=C1. The first-order valence-electron chi connectivity index (χ1n) is 17.6. The van der Waals surface area contributed by atoms with E-state index in [1.807, 2.05) is 19.1 Å². The van der Waals surface area contributed by atoms with Gasteiger partial charge < -0.3 is 4.74 Å². The number of ether oxygens (including phenoxy) is 1. The van der Waals surface area contributed by atoms with Gasteiger partial charge in [-0.15, -0.1) is 0 Å². The van der Waals surface area contributed by atoms with Crippen LogP contribution in [0.5, 0.6) is 0 Å². The summed E-state index contributed by atoms with van der Waals surface area (Å²) in [7, 11) is 0. The molecular weight excluding hydrogens is 514 g/mol. The maximum absolute atomic E-state index is 9.31. The molecule has 5 aliphatic rings. The molecule has 0 spiro atoms. The van der Waals surface area contributed by atoms with E-state index in [0.29, 0.717) is 11.5 Å². The van der Waals surface area contributed by atoms with Crippen molar-refractivity contribution in [2.45, 2.75) is 154 Å². The van der Waals surface area contributed by atoms with Crippen LogP contribution in [0.1, 0.15) is 136 Å².